The van der Waals surface area contributed by atoms with Gasteiger partial charge in [-0.25, -0.2) is 9.78 Å². The molecular weight excluding hydrogens is 496 g/mol. The first-order chi connectivity index (χ1) is 16.3. The quantitative estimate of drug-likeness (QED) is 0.453. The van der Waals surface area contributed by atoms with Crippen LogP contribution in [-0.2, 0) is 16.1 Å². The summed E-state index contributed by atoms with van der Waals surface area (Å²) in [7, 11) is 0. The van der Waals surface area contributed by atoms with Crippen molar-refractivity contribution >= 4 is 57.4 Å². The molecule has 2 aromatic rings. The van der Waals surface area contributed by atoms with Crippen LogP contribution in [0.25, 0.3) is 0 Å². The standard InChI is InChI=1S/C22H24N4O5S3/c1-10-16-15(11(2)27)20(29)26(16)17(21(30)31)18(10)34-13-7-25(8-13)22-24-12(9-33-22)6-23-19(28)14-4-3-5-32-14/h3-5,9-11,13,15-16,27H,6-8H2,1-2H3,(H,23,28)(H,30,31)/t10-,11-,15?,16?/m1/s1. The molecule has 2 aromatic heterocycles. The van der Waals surface area contributed by atoms with Crippen LogP contribution in [0.4, 0.5) is 5.13 Å². The zero-order valence-corrected chi connectivity index (χ0v) is 21.0. The van der Waals surface area contributed by atoms with E-state index in [1.165, 1.54) is 39.3 Å². The van der Waals surface area contributed by atoms with Crippen LogP contribution >= 0.6 is 34.4 Å². The van der Waals surface area contributed by atoms with Crippen LogP contribution in [-0.4, -0.2) is 68.4 Å². The molecule has 0 spiro atoms. The SMILES string of the molecule is C[C@@H](O)C1C(=O)N2C(C(=O)O)=C(SC3CN(c4nc(CNC(=O)c5cccs5)cs4)C3)[C@H](C)C12. The predicted octanol–water partition coefficient (Wildman–Crippen LogP) is 2.21. The lowest BCUT2D eigenvalue weighted by Crippen LogP contribution is -2.63. The van der Waals surface area contributed by atoms with Crippen molar-refractivity contribution in [3.05, 3.63) is 44.1 Å². The number of aliphatic hydroxyl groups excluding tert-OH is 1. The van der Waals surface area contributed by atoms with Gasteiger partial charge in [0.1, 0.15) is 5.70 Å². The molecule has 2 unspecified atom stereocenters. The fourth-order valence-corrected chi connectivity index (χ4v) is 7.72. The summed E-state index contributed by atoms with van der Waals surface area (Å²) in [6, 6.07) is 3.33. The zero-order valence-electron chi connectivity index (χ0n) is 18.5. The van der Waals surface area contributed by atoms with E-state index in [0.29, 0.717) is 11.4 Å². The van der Waals surface area contributed by atoms with Gasteiger partial charge in [-0.2, -0.15) is 0 Å². The molecule has 0 bridgehead atoms. The Balaban J connectivity index is 1.18. The molecule has 12 heteroatoms. The third-order valence-corrected chi connectivity index (χ3v) is 9.71. The minimum absolute atomic E-state index is 0.0702. The summed E-state index contributed by atoms with van der Waals surface area (Å²) in [6.07, 6.45) is -0.802. The van der Waals surface area contributed by atoms with Crippen molar-refractivity contribution in [3.63, 3.8) is 0 Å². The van der Waals surface area contributed by atoms with Crippen LogP contribution in [0.2, 0.25) is 0 Å². The number of carboxylic acids is 1. The molecule has 180 valence electrons. The Morgan fingerprint density at radius 1 is 1.35 bits per heavy atom. The monoisotopic (exact) mass is 520 g/mol. The number of fused-ring (bicyclic) bond motifs is 1. The summed E-state index contributed by atoms with van der Waals surface area (Å²) in [6.45, 7) is 5.33. The number of aromatic nitrogens is 1. The van der Waals surface area contributed by atoms with Crippen molar-refractivity contribution in [3.8, 4) is 0 Å². The number of nitrogens with one attached hydrogen (secondary N) is 1. The molecule has 3 N–H and O–H groups in total. The van der Waals surface area contributed by atoms with Gasteiger partial charge in [0.2, 0.25) is 5.91 Å². The second-order valence-corrected chi connectivity index (χ2v) is 11.8. The summed E-state index contributed by atoms with van der Waals surface area (Å²) in [5, 5.41) is 27.5. The molecule has 2 saturated heterocycles. The second-order valence-electron chi connectivity index (χ2n) is 8.70. The highest BCUT2D eigenvalue weighted by Gasteiger charge is 2.60. The van der Waals surface area contributed by atoms with Gasteiger partial charge in [-0.3, -0.25) is 9.59 Å². The van der Waals surface area contributed by atoms with E-state index in [0.717, 1.165) is 28.8 Å². The highest BCUT2D eigenvalue weighted by Crippen LogP contribution is 2.52. The molecular formula is C22H24N4O5S3. The fourth-order valence-electron chi connectivity index (χ4n) is 4.72. The maximum atomic E-state index is 12.5. The van der Waals surface area contributed by atoms with Crippen LogP contribution in [0.1, 0.15) is 29.2 Å². The number of anilines is 1. The predicted molar refractivity (Wildman–Crippen MR) is 131 cm³/mol. The van der Waals surface area contributed by atoms with Gasteiger partial charge in [-0.05, 0) is 18.4 Å². The van der Waals surface area contributed by atoms with Crippen molar-refractivity contribution in [1.29, 1.82) is 0 Å². The Morgan fingerprint density at radius 3 is 2.76 bits per heavy atom. The van der Waals surface area contributed by atoms with Gasteiger partial charge in [0.25, 0.3) is 5.91 Å². The van der Waals surface area contributed by atoms with Crippen LogP contribution in [0.15, 0.2) is 33.5 Å². The van der Waals surface area contributed by atoms with Gasteiger partial charge in [-0.15, -0.1) is 34.4 Å². The van der Waals surface area contributed by atoms with Crippen LogP contribution < -0.4 is 10.2 Å². The number of carbonyl (C=O) groups excluding carboxylic acids is 2. The van der Waals surface area contributed by atoms with Crippen molar-refractivity contribution in [1.82, 2.24) is 15.2 Å². The molecule has 2 fully saturated rings. The topological polar surface area (TPSA) is 123 Å². The average Bonchev–Trinajstić information content (AvgIpc) is 3.48. The van der Waals surface area contributed by atoms with Gasteiger partial charge in [-0.1, -0.05) is 13.0 Å². The van der Waals surface area contributed by atoms with Gasteiger partial charge >= 0.3 is 5.97 Å². The number of hydrogen-bond donors (Lipinski definition) is 3. The largest absolute Gasteiger partial charge is 0.477 e. The Morgan fingerprint density at radius 2 is 2.12 bits per heavy atom. The first kappa shape index (κ1) is 23.3. The Hall–Kier alpha value is -2.41. The number of thiophene rings is 1. The molecule has 3 aliphatic rings. The van der Waals surface area contributed by atoms with E-state index < -0.39 is 18.0 Å². The van der Waals surface area contributed by atoms with E-state index in [9.17, 15) is 24.6 Å². The minimum Gasteiger partial charge on any atom is -0.477 e. The molecule has 0 radical (unpaired) electrons. The molecule has 2 amide bonds. The summed E-state index contributed by atoms with van der Waals surface area (Å²) < 4.78 is 0. The van der Waals surface area contributed by atoms with E-state index in [2.05, 4.69) is 15.2 Å². The van der Waals surface area contributed by atoms with Crippen molar-refractivity contribution < 1.29 is 24.6 Å². The van der Waals surface area contributed by atoms with E-state index in [1.807, 2.05) is 23.8 Å². The molecule has 4 atom stereocenters. The van der Waals surface area contributed by atoms with E-state index >= 15 is 0 Å². The highest BCUT2D eigenvalue weighted by atomic mass is 32.2. The van der Waals surface area contributed by atoms with Gasteiger partial charge < -0.3 is 25.3 Å². The number of β-lactam (4-membered cyclic amide) rings is 1. The van der Waals surface area contributed by atoms with E-state index in [4.69, 9.17) is 0 Å². The Labute approximate surface area is 208 Å². The van der Waals surface area contributed by atoms with Crippen molar-refractivity contribution in [2.75, 3.05) is 18.0 Å². The fraction of sp³-hybridized carbons (Fsp3) is 0.455. The van der Waals surface area contributed by atoms with E-state index in [-0.39, 0.29) is 34.7 Å². The number of nitrogens with zero attached hydrogens (tertiary/aromatic N) is 3. The average molecular weight is 521 g/mol. The molecule has 0 aliphatic carbocycles. The molecule has 0 saturated carbocycles. The number of rotatable bonds is 8. The lowest BCUT2D eigenvalue weighted by atomic mass is 9.79. The number of amides is 2. The smallest absolute Gasteiger partial charge is 0.353 e. The molecule has 5 heterocycles. The number of thioether (sulfide) groups is 1. The first-order valence-electron chi connectivity index (χ1n) is 10.9. The minimum atomic E-state index is -1.10. The zero-order chi connectivity index (χ0) is 24.1. The molecule has 34 heavy (non-hydrogen) atoms. The lowest BCUT2D eigenvalue weighted by Gasteiger charge is -2.46. The molecule has 9 nitrogen and oxygen atoms in total. The van der Waals surface area contributed by atoms with Crippen LogP contribution in [0, 0.1) is 11.8 Å². The summed E-state index contributed by atoms with van der Waals surface area (Å²) in [5.41, 5.74) is 0.870. The summed E-state index contributed by atoms with van der Waals surface area (Å²) in [5.74, 6) is -2.19. The lowest BCUT2D eigenvalue weighted by molar-refractivity contribution is -0.163. The van der Waals surface area contributed by atoms with Crippen LogP contribution in [0.3, 0.4) is 0 Å². The van der Waals surface area contributed by atoms with Crippen LogP contribution in [0.5, 0.6) is 0 Å². The first-order valence-corrected chi connectivity index (χ1v) is 13.6. The van der Waals surface area contributed by atoms with Gasteiger partial charge in [0.15, 0.2) is 5.13 Å². The third-order valence-electron chi connectivity index (χ3n) is 6.44. The van der Waals surface area contributed by atoms with Gasteiger partial charge in [0, 0.05) is 34.5 Å². The normalized spacial score (nSPS) is 25.1. The number of carboxylic acid groups (broad SMARTS) is 1. The summed E-state index contributed by atoms with van der Waals surface area (Å²) >= 11 is 4.44. The van der Waals surface area contributed by atoms with Crippen molar-refractivity contribution in [2.45, 2.75) is 37.8 Å². The molecule has 0 aromatic carbocycles. The van der Waals surface area contributed by atoms with Gasteiger partial charge in [0.05, 0.1) is 35.2 Å². The van der Waals surface area contributed by atoms with Crippen molar-refractivity contribution in [2.24, 2.45) is 11.8 Å². The second kappa shape index (κ2) is 8.99. The Bertz CT molecular complexity index is 1160. The number of aliphatic hydroxyl groups is 1. The number of aliphatic carboxylic acids is 1. The number of hydrogen-bond acceptors (Lipinski definition) is 9. The maximum Gasteiger partial charge on any atom is 0.353 e. The molecule has 5 rings (SSSR count). The Kier molecular flexibility index (Phi) is 6.17. The number of thiazole rings is 1. The third kappa shape index (κ3) is 3.92. The number of carbonyl (C=O) groups is 3. The highest BCUT2D eigenvalue weighted by molar-refractivity contribution is 8.03. The molecule has 3 aliphatic heterocycles. The van der Waals surface area contributed by atoms with E-state index in [1.54, 1.807) is 13.0 Å². The maximum absolute atomic E-state index is 12.5. The summed E-state index contributed by atoms with van der Waals surface area (Å²) in [4.78, 5) is 46.0.